The maximum Gasteiger partial charge on any atom is 0.437 e. The van der Waals surface area contributed by atoms with Crippen molar-refractivity contribution in [2.75, 3.05) is 6.61 Å². The maximum absolute atomic E-state index is 13.0. The summed E-state index contributed by atoms with van der Waals surface area (Å²) in [4.78, 5) is 37.7. The summed E-state index contributed by atoms with van der Waals surface area (Å²) in [7, 11) is 0. The van der Waals surface area contributed by atoms with E-state index < -0.39 is 30.7 Å². The molecule has 0 aliphatic carbocycles. The summed E-state index contributed by atoms with van der Waals surface area (Å²) in [5.41, 5.74) is 0.904. The molecule has 140 valence electrons. The number of Topliss-reactive ketones (excluding diaryl/α,β-unsaturated/α-hetero) is 1. The summed E-state index contributed by atoms with van der Waals surface area (Å²) >= 11 is 1.49. The van der Waals surface area contributed by atoms with Crippen molar-refractivity contribution in [1.82, 2.24) is 9.78 Å². The lowest BCUT2D eigenvalue weighted by atomic mass is 10.2. The third kappa shape index (κ3) is 4.37. The van der Waals surface area contributed by atoms with Crippen molar-refractivity contribution >= 4 is 23.1 Å². The molecule has 0 radical (unpaired) electrons. The third-order valence-electron chi connectivity index (χ3n) is 3.68. The topological polar surface area (TPSA) is 91.4 Å². The van der Waals surface area contributed by atoms with Crippen LogP contribution in [0.1, 0.15) is 20.1 Å². The fourth-order valence-corrected chi connectivity index (χ4v) is 3.36. The minimum Gasteiger partial charge on any atom is -0.456 e. The molecule has 0 saturated heterocycles. The van der Waals surface area contributed by atoms with Crippen molar-refractivity contribution < 1.29 is 23.1 Å². The first kappa shape index (κ1) is 18.7. The molecule has 0 atom stereocenters. The second-order valence-electron chi connectivity index (χ2n) is 5.75. The molecule has 2 heterocycles. The number of carbonyl (C=O) groups is 2. The number of aryl methyl sites for hydroxylation is 2. The summed E-state index contributed by atoms with van der Waals surface area (Å²) in [6.45, 7) is 2.78. The van der Waals surface area contributed by atoms with Crippen molar-refractivity contribution in [3.8, 4) is 11.5 Å². The molecule has 0 saturated carbocycles. The lowest BCUT2D eigenvalue weighted by molar-refractivity contribution is -0.143. The second kappa shape index (κ2) is 7.67. The first-order valence-corrected chi connectivity index (χ1v) is 8.75. The lowest BCUT2D eigenvalue weighted by Gasteiger charge is -2.03. The Hall–Kier alpha value is -3.07. The zero-order valence-corrected chi connectivity index (χ0v) is 15.3. The quantitative estimate of drug-likeness (QED) is 0.475. The number of ketones is 1. The van der Waals surface area contributed by atoms with Gasteiger partial charge in [-0.1, -0.05) is 0 Å². The van der Waals surface area contributed by atoms with E-state index in [9.17, 15) is 18.8 Å². The number of halogens is 1. The van der Waals surface area contributed by atoms with E-state index in [1.807, 2.05) is 13.8 Å². The van der Waals surface area contributed by atoms with Gasteiger partial charge in [-0.2, -0.15) is 4.68 Å². The molecule has 9 heteroatoms. The number of hydrogen-bond acceptors (Lipinski definition) is 7. The predicted octanol–water partition coefficient (Wildman–Crippen LogP) is 2.75. The number of thiophene rings is 1. The van der Waals surface area contributed by atoms with E-state index in [1.54, 1.807) is 6.07 Å². The number of carbonyl (C=O) groups excluding carboxylic acids is 2. The Labute approximate surface area is 157 Å². The van der Waals surface area contributed by atoms with Crippen LogP contribution >= 0.6 is 11.3 Å². The fraction of sp³-hybridized carbons (Fsp3) is 0.222. The third-order valence-corrected chi connectivity index (χ3v) is 4.65. The Morgan fingerprint density at radius 2 is 1.96 bits per heavy atom. The Morgan fingerprint density at radius 1 is 1.26 bits per heavy atom. The SMILES string of the molecule is Cc1cc(C(=O)COC(=O)Cn2nc(-c3ccc(F)cc3)oc2=O)c(C)s1. The number of benzene rings is 1. The Morgan fingerprint density at radius 3 is 2.59 bits per heavy atom. The average molecular weight is 390 g/mol. The highest BCUT2D eigenvalue weighted by molar-refractivity contribution is 7.12. The molecule has 1 aromatic carbocycles. The molecular formula is C18H15FN2O5S. The predicted molar refractivity (Wildman–Crippen MR) is 95.2 cm³/mol. The molecule has 7 nitrogen and oxygen atoms in total. The molecule has 3 aromatic rings. The largest absolute Gasteiger partial charge is 0.456 e. The van der Waals surface area contributed by atoms with Crippen molar-refractivity contribution in [2.45, 2.75) is 20.4 Å². The van der Waals surface area contributed by atoms with Crippen molar-refractivity contribution in [3.05, 3.63) is 62.0 Å². The molecule has 0 fully saturated rings. The van der Waals surface area contributed by atoms with Crippen LogP contribution in [0, 0.1) is 19.7 Å². The molecule has 0 amide bonds. The smallest absolute Gasteiger partial charge is 0.437 e. The Kier molecular flexibility index (Phi) is 5.31. The second-order valence-corrected chi connectivity index (χ2v) is 7.21. The van der Waals surface area contributed by atoms with Crippen LogP contribution in [-0.2, 0) is 16.1 Å². The molecule has 0 unspecified atom stereocenters. The number of hydrogen-bond donors (Lipinski definition) is 0. The minimum atomic E-state index is -0.859. The van der Waals surface area contributed by atoms with Crippen LogP contribution in [0.3, 0.4) is 0 Å². The van der Waals surface area contributed by atoms with E-state index >= 15 is 0 Å². The summed E-state index contributed by atoms with van der Waals surface area (Å²) in [6.07, 6.45) is 0. The Balaban J connectivity index is 1.63. The van der Waals surface area contributed by atoms with Gasteiger partial charge < -0.3 is 9.15 Å². The molecule has 0 N–H and O–H groups in total. The van der Waals surface area contributed by atoms with E-state index in [0.717, 1.165) is 14.4 Å². The first-order valence-electron chi connectivity index (χ1n) is 7.93. The maximum atomic E-state index is 13.0. The van der Waals surface area contributed by atoms with Gasteiger partial charge in [-0.15, -0.1) is 16.4 Å². The van der Waals surface area contributed by atoms with Crippen LogP contribution in [0.4, 0.5) is 4.39 Å². The van der Waals surface area contributed by atoms with Crippen LogP contribution in [0.25, 0.3) is 11.5 Å². The average Bonchev–Trinajstić information content (AvgIpc) is 3.15. The zero-order valence-electron chi connectivity index (χ0n) is 14.5. The summed E-state index contributed by atoms with van der Waals surface area (Å²) in [5, 5.41) is 3.88. The summed E-state index contributed by atoms with van der Waals surface area (Å²) in [6, 6.07) is 6.93. The van der Waals surface area contributed by atoms with Gasteiger partial charge >= 0.3 is 11.7 Å². The Bertz CT molecular complexity index is 1050. The van der Waals surface area contributed by atoms with Gasteiger partial charge in [0.15, 0.2) is 6.61 Å². The standard InChI is InChI=1S/C18H15FN2O5S/c1-10-7-14(11(2)27-10)15(22)9-25-16(23)8-21-18(24)26-17(20-21)12-3-5-13(19)6-4-12/h3-7H,8-9H2,1-2H3. The number of ether oxygens (including phenoxy) is 1. The molecule has 0 aliphatic heterocycles. The van der Waals surface area contributed by atoms with Crippen molar-refractivity contribution in [3.63, 3.8) is 0 Å². The summed E-state index contributed by atoms with van der Waals surface area (Å²) < 4.78 is 23.6. The first-order chi connectivity index (χ1) is 12.8. The molecule has 0 spiro atoms. The minimum absolute atomic E-state index is 0.0479. The zero-order chi connectivity index (χ0) is 19.6. The molecule has 2 aromatic heterocycles. The van der Waals surface area contributed by atoms with E-state index in [0.29, 0.717) is 11.1 Å². The van der Waals surface area contributed by atoms with Gasteiger partial charge in [0.05, 0.1) is 0 Å². The van der Waals surface area contributed by atoms with Gasteiger partial charge in [0.1, 0.15) is 12.4 Å². The number of rotatable bonds is 6. The van der Waals surface area contributed by atoms with Gasteiger partial charge in [0.25, 0.3) is 0 Å². The van der Waals surface area contributed by atoms with Crippen LogP contribution < -0.4 is 5.76 Å². The molecule has 0 aliphatic rings. The van der Waals surface area contributed by atoms with Crippen LogP contribution in [0.15, 0.2) is 39.5 Å². The van der Waals surface area contributed by atoms with Gasteiger partial charge in [-0.05, 0) is 44.2 Å². The van der Waals surface area contributed by atoms with E-state index in [1.165, 1.54) is 35.6 Å². The van der Waals surface area contributed by atoms with Crippen LogP contribution in [0.2, 0.25) is 0 Å². The van der Waals surface area contributed by atoms with Crippen molar-refractivity contribution in [1.29, 1.82) is 0 Å². The number of aromatic nitrogens is 2. The molecular weight excluding hydrogens is 375 g/mol. The van der Waals surface area contributed by atoms with E-state index in [4.69, 9.17) is 9.15 Å². The van der Waals surface area contributed by atoms with E-state index in [-0.39, 0.29) is 11.7 Å². The lowest BCUT2D eigenvalue weighted by Crippen LogP contribution is -2.24. The molecule has 3 rings (SSSR count). The normalized spacial score (nSPS) is 10.8. The highest BCUT2D eigenvalue weighted by Crippen LogP contribution is 2.21. The van der Waals surface area contributed by atoms with Crippen LogP contribution in [-0.4, -0.2) is 28.1 Å². The highest BCUT2D eigenvalue weighted by atomic mass is 32.1. The van der Waals surface area contributed by atoms with Gasteiger partial charge in [0, 0.05) is 20.9 Å². The molecule has 0 bridgehead atoms. The highest BCUT2D eigenvalue weighted by Gasteiger charge is 2.17. The van der Waals surface area contributed by atoms with Crippen molar-refractivity contribution in [2.24, 2.45) is 0 Å². The fourth-order valence-electron chi connectivity index (χ4n) is 2.41. The molecule has 27 heavy (non-hydrogen) atoms. The van der Waals surface area contributed by atoms with Gasteiger partial charge in [-0.3, -0.25) is 9.59 Å². The van der Waals surface area contributed by atoms with Gasteiger partial charge in [-0.25, -0.2) is 9.18 Å². The monoisotopic (exact) mass is 390 g/mol. The number of nitrogens with zero attached hydrogens (tertiary/aromatic N) is 2. The van der Waals surface area contributed by atoms with Crippen LogP contribution in [0.5, 0.6) is 0 Å². The van der Waals surface area contributed by atoms with Gasteiger partial charge in [0.2, 0.25) is 11.7 Å². The van der Waals surface area contributed by atoms with E-state index in [2.05, 4.69) is 5.10 Å². The summed E-state index contributed by atoms with van der Waals surface area (Å²) in [5.74, 6) is -2.46. The number of esters is 1.